The number of nitrogens with zero attached hydrogens (tertiary/aromatic N) is 7. The van der Waals surface area contributed by atoms with E-state index in [0.29, 0.717) is 4.73 Å². The molecule has 0 aliphatic carbocycles. The van der Waals surface area contributed by atoms with E-state index in [1.807, 2.05) is 34.9 Å². The maximum absolute atomic E-state index is 3.92. The van der Waals surface area contributed by atoms with Crippen molar-refractivity contribution in [3.05, 3.63) is 41.7 Å². The summed E-state index contributed by atoms with van der Waals surface area (Å²) < 4.78 is 4.86. The van der Waals surface area contributed by atoms with E-state index in [4.69, 9.17) is 0 Å². The van der Waals surface area contributed by atoms with Crippen molar-refractivity contribution in [1.29, 1.82) is 0 Å². The zero-order valence-corrected chi connectivity index (χ0v) is 30.9. The molecule has 3 radical (unpaired) electrons. The van der Waals surface area contributed by atoms with Crippen molar-refractivity contribution in [1.82, 2.24) is 40.0 Å². The van der Waals surface area contributed by atoms with E-state index < -0.39 is 0 Å². The number of nitrogens with one attached hydrogen (secondary N) is 2. The Labute approximate surface area is 275 Å². The first kappa shape index (κ1) is 48.0. The summed E-state index contributed by atoms with van der Waals surface area (Å²) in [7, 11) is 3.72. The van der Waals surface area contributed by atoms with Crippen LogP contribution in [0.5, 0.6) is 0 Å². The predicted octanol–water partition coefficient (Wildman–Crippen LogP) is 2.79. The Balaban J connectivity index is -0.0000000411. The maximum atomic E-state index is 3.92. The normalized spacial score (nSPS) is 6.82. The molecule has 3 aromatic heterocycles. The molecule has 3 rings (SSSR count). The topological polar surface area (TPSA) is 105 Å². The SMILES string of the molecule is Brc1ncn[nH]1.C.CC.C[n+]1cnc(Br)[nH]1.Cc1ncn(C)n1.[CH3-].[W].[Y].[Y].[Y]. The van der Waals surface area contributed by atoms with E-state index in [0.717, 1.165) is 10.6 Å². The third-order valence-corrected chi connectivity index (χ3v) is 2.48. The van der Waals surface area contributed by atoms with Gasteiger partial charge in [-0.3, -0.25) is 9.78 Å². The fourth-order valence-corrected chi connectivity index (χ4v) is 1.54. The molecule has 0 fully saturated rings. The monoisotopic (exact) mass is 918 g/mol. The molecule has 0 aliphatic heterocycles. The van der Waals surface area contributed by atoms with Crippen LogP contribution >= 0.6 is 31.9 Å². The Bertz CT molecular complexity index is 553. The van der Waals surface area contributed by atoms with Crippen LogP contribution in [-0.4, -0.2) is 40.0 Å². The van der Waals surface area contributed by atoms with Crippen molar-refractivity contribution in [2.45, 2.75) is 28.2 Å². The summed E-state index contributed by atoms with van der Waals surface area (Å²) in [5.74, 6) is 0.822. The van der Waals surface area contributed by atoms with Crippen LogP contribution in [0.3, 0.4) is 0 Å². The summed E-state index contributed by atoms with van der Waals surface area (Å²) in [5.41, 5.74) is 0. The smallest absolute Gasteiger partial charge is 0.318 e. The summed E-state index contributed by atoms with van der Waals surface area (Å²) in [6, 6.07) is 0. The van der Waals surface area contributed by atoms with Crippen molar-refractivity contribution in [3.8, 4) is 0 Å². The van der Waals surface area contributed by atoms with E-state index in [2.05, 4.69) is 67.2 Å². The zero-order valence-electron chi connectivity index (χ0n) is 16.3. The predicted molar refractivity (Wildman–Crippen MR) is 102 cm³/mol. The molecule has 153 valence electrons. The van der Waals surface area contributed by atoms with Gasteiger partial charge in [0.25, 0.3) is 0 Å². The third-order valence-electron chi connectivity index (χ3n) is 1.71. The van der Waals surface area contributed by atoms with E-state index >= 15 is 0 Å². The van der Waals surface area contributed by atoms with Gasteiger partial charge in [-0.2, -0.15) is 20.0 Å². The van der Waals surface area contributed by atoms with Crippen molar-refractivity contribution in [2.24, 2.45) is 14.1 Å². The van der Waals surface area contributed by atoms with Crippen LogP contribution in [0.15, 0.2) is 28.4 Å². The number of H-pyrrole nitrogens is 2. The van der Waals surface area contributed by atoms with Gasteiger partial charge in [0, 0.05) is 142 Å². The van der Waals surface area contributed by atoms with Gasteiger partial charge >= 0.3 is 11.1 Å². The molecule has 0 bridgehead atoms. The molecule has 0 amide bonds. The number of aromatic nitrogens is 9. The van der Waals surface area contributed by atoms with Crippen LogP contribution in [-0.2, 0) is 133 Å². The van der Waals surface area contributed by atoms with Crippen molar-refractivity contribution < 1.29 is 124 Å². The van der Waals surface area contributed by atoms with Gasteiger partial charge in [-0.15, -0.1) is 0 Å². The van der Waals surface area contributed by atoms with Gasteiger partial charge in [0.1, 0.15) is 25.5 Å². The molecule has 9 nitrogen and oxygen atoms in total. The molecular formula is C13H27Br2N9WY3. The number of rotatable bonds is 0. The van der Waals surface area contributed by atoms with E-state index in [1.54, 1.807) is 22.0 Å². The average Bonchev–Trinajstić information content (AvgIpc) is 3.19. The molecule has 0 atom stereocenters. The van der Waals surface area contributed by atoms with Gasteiger partial charge in [-0.25, -0.2) is 9.97 Å². The number of aryl methyl sites for hydroxylation is 3. The Kier molecular flexibility index (Phi) is 54.1. The molecule has 0 unspecified atom stereocenters. The molecule has 0 saturated heterocycles. The molecule has 0 spiro atoms. The Morgan fingerprint density at radius 2 is 1.57 bits per heavy atom. The fraction of sp³-hybridized carbons (Fsp3) is 0.462. The van der Waals surface area contributed by atoms with Gasteiger partial charge in [-0.1, -0.05) is 21.3 Å². The van der Waals surface area contributed by atoms with Crippen molar-refractivity contribution >= 4 is 31.9 Å². The molecule has 2 N–H and O–H groups in total. The molecule has 15 heteroatoms. The van der Waals surface area contributed by atoms with Gasteiger partial charge < -0.3 is 7.43 Å². The van der Waals surface area contributed by atoms with Crippen LogP contribution < -0.4 is 4.68 Å². The summed E-state index contributed by atoms with van der Waals surface area (Å²) in [6.45, 7) is 5.86. The summed E-state index contributed by atoms with van der Waals surface area (Å²) >= 11 is 6.20. The minimum Gasteiger partial charge on any atom is -0.358 e. The van der Waals surface area contributed by atoms with Crippen LogP contribution in [0.4, 0.5) is 0 Å². The molecule has 0 saturated carbocycles. The quantitative estimate of drug-likeness (QED) is 0.267. The molecule has 0 aliphatic rings. The number of hydrogen-bond acceptors (Lipinski definition) is 5. The second-order valence-corrected chi connectivity index (χ2v) is 5.00. The largest absolute Gasteiger partial charge is 0.358 e. The van der Waals surface area contributed by atoms with Crippen molar-refractivity contribution in [3.63, 3.8) is 0 Å². The van der Waals surface area contributed by atoms with Crippen LogP contribution in [0, 0.1) is 14.4 Å². The Morgan fingerprint density at radius 1 is 1.04 bits per heavy atom. The summed E-state index contributed by atoms with van der Waals surface area (Å²) in [5, 5.41) is 12.9. The van der Waals surface area contributed by atoms with Crippen LogP contribution in [0.1, 0.15) is 27.1 Å². The molecule has 3 aromatic rings. The number of halogens is 2. The molecule has 3 heterocycles. The first-order valence-corrected chi connectivity index (χ1v) is 7.95. The number of hydrogen-bond donors (Lipinski definition) is 2. The maximum Gasteiger partial charge on any atom is 0.318 e. The first-order chi connectivity index (χ1) is 10.5. The van der Waals surface area contributed by atoms with E-state index in [1.165, 1.54) is 6.33 Å². The number of aromatic amines is 2. The summed E-state index contributed by atoms with van der Waals surface area (Å²) in [4.78, 5) is 11.4. The molecule has 28 heavy (non-hydrogen) atoms. The average molecular weight is 920 g/mol. The Hall–Kier alpha value is 2.38. The minimum atomic E-state index is 0. The second kappa shape index (κ2) is 31.6. The molecular weight excluding hydrogens is 893 g/mol. The van der Waals surface area contributed by atoms with Gasteiger partial charge in [0.2, 0.25) is 0 Å². The zero-order chi connectivity index (χ0) is 17.0. The Morgan fingerprint density at radius 3 is 1.68 bits per heavy atom. The van der Waals surface area contributed by atoms with Crippen molar-refractivity contribution in [2.75, 3.05) is 0 Å². The first-order valence-electron chi connectivity index (χ1n) is 6.36. The van der Waals surface area contributed by atoms with Gasteiger partial charge in [0.05, 0.1) is 0 Å². The van der Waals surface area contributed by atoms with Gasteiger partial charge in [0.15, 0.2) is 4.73 Å². The van der Waals surface area contributed by atoms with Gasteiger partial charge in [-0.05, 0) is 27.8 Å². The third kappa shape index (κ3) is 28.4. The minimum absolute atomic E-state index is 0. The fourth-order valence-electron chi connectivity index (χ4n) is 0.978. The summed E-state index contributed by atoms with van der Waals surface area (Å²) in [6.07, 6.45) is 4.80. The van der Waals surface area contributed by atoms with Crippen LogP contribution in [0.2, 0.25) is 0 Å². The molecule has 0 aromatic carbocycles. The van der Waals surface area contributed by atoms with E-state index in [9.17, 15) is 0 Å². The van der Waals surface area contributed by atoms with E-state index in [-0.39, 0.29) is 134 Å². The standard InChI is InChI=1S/C4H7N3.C3H4BrN3.C2H2BrN3.C2H6.CH4.CH3.W.3Y/c1-4-5-3-7(2)6-4;1-7-2-5-3(4)6-7;3-2-4-1-5-6-2;1-2;;;;;;/h3H,1-2H3;2H,1H3;1H,(H,4,5,6);1-2H3;1H4;1H3;;;;/q;;;;;-1;;;;/p+1. The second-order valence-electron chi connectivity index (χ2n) is 3.50. The van der Waals surface area contributed by atoms with Crippen LogP contribution in [0.25, 0.3) is 0 Å².